The Balaban J connectivity index is 1.56. The molecular weight excluding hydrogens is 617 g/mol. The van der Waals surface area contributed by atoms with Crippen LogP contribution in [-0.2, 0) is 14.3 Å². The zero-order valence-electron chi connectivity index (χ0n) is 28.5. The van der Waals surface area contributed by atoms with Gasteiger partial charge in [-0.3, -0.25) is 19.2 Å². The summed E-state index contributed by atoms with van der Waals surface area (Å²) in [5, 5.41) is 8.98. The number of carbonyl (C=O) groups is 3. The second-order valence-corrected chi connectivity index (χ2v) is 12.6. The Kier molecular flexibility index (Phi) is 12.1. The van der Waals surface area contributed by atoms with E-state index in [9.17, 15) is 23.6 Å². The van der Waals surface area contributed by atoms with Gasteiger partial charge in [-0.15, -0.1) is 0 Å². The highest BCUT2D eigenvalue weighted by Gasteiger charge is 2.53. The number of nitrogens with zero attached hydrogens (tertiary/aromatic N) is 3. The molecule has 2 amide bonds. The van der Waals surface area contributed by atoms with Crippen molar-refractivity contribution >= 4 is 17.8 Å². The Bertz CT molecular complexity index is 1640. The predicted molar refractivity (Wildman–Crippen MR) is 179 cm³/mol. The van der Waals surface area contributed by atoms with Crippen LogP contribution in [0.25, 0.3) is 0 Å². The third kappa shape index (κ3) is 8.28. The first-order chi connectivity index (χ1) is 22.9. The molecule has 1 saturated heterocycles. The summed E-state index contributed by atoms with van der Waals surface area (Å²) in [7, 11) is 3.91. The van der Waals surface area contributed by atoms with Crippen LogP contribution in [0, 0.1) is 18.2 Å². The van der Waals surface area contributed by atoms with E-state index in [1.165, 1.54) is 30.3 Å². The van der Waals surface area contributed by atoms with E-state index in [0.29, 0.717) is 49.1 Å². The van der Waals surface area contributed by atoms with E-state index in [0.717, 1.165) is 6.54 Å². The van der Waals surface area contributed by atoms with Crippen molar-refractivity contribution in [2.24, 2.45) is 5.41 Å². The van der Waals surface area contributed by atoms with Crippen LogP contribution in [0.15, 0.2) is 59.4 Å². The first kappa shape index (κ1) is 36.3. The number of halogens is 1. The lowest BCUT2D eigenvalue weighted by Gasteiger charge is -2.43. The normalized spacial score (nSPS) is 16.9. The van der Waals surface area contributed by atoms with Gasteiger partial charge in [-0.25, -0.2) is 9.49 Å². The number of aryl methyl sites for hydroxylation is 1. The lowest BCUT2D eigenvalue weighted by molar-refractivity contribution is -0.163. The number of esters is 1. The second kappa shape index (κ2) is 16.0. The van der Waals surface area contributed by atoms with Gasteiger partial charge in [-0.05, 0) is 102 Å². The molecule has 11 nitrogen and oxygen atoms in total. The van der Waals surface area contributed by atoms with Crippen LogP contribution in [0.4, 0.5) is 4.39 Å². The number of ether oxygens (including phenoxy) is 2. The molecule has 48 heavy (non-hydrogen) atoms. The topological polar surface area (TPSA) is 134 Å². The molecule has 0 aliphatic carbocycles. The SMILES string of the molecule is CCC(CC)(C(=O)OCCCN(C)C)[C@H]1CC[C@@H](c2cccc(F)c2)N1C(=O)[C@@H](C)NC(=O)c1ccc(Oc2cc(C)n[nH]c2=O)cc1. The number of carbonyl (C=O) groups excluding carboxylic acids is 3. The lowest BCUT2D eigenvalue weighted by atomic mass is 9.74. The number of likely N-dealkylation sites (tertiary alicyclic amines) is 1. The molecule has 3 atom stereocenters. The lowest BCUT2D eigenvalue weighted by Crippen LogP contribution is -2.56. The summed E-state index contributed by atoms with van der Waals surface area (Å²) >= 11 is 0. The number of hydrogen-bond acceptors (Lipinski definition) is 8. The third-order valence-corrected chi connectivity index (χ3v) is 9.12. The van der Waals surface area contributed by atoms with E-state index in [4.69, 9.17) is 9.47 Å². The standard InChI is InChI=1S/C36H46FN5O6/c1-7-36(8-2,35(46)47-20-10-19-41(5)6)31-18-17-29(26-11-9-12-27(37)22-26)42(31)34(45)24(4)38-32(43)25-13-15-28(16-14-25)48-30-21-23(3)39-40-33(30)44/h9,11-16,21-22,24,29,31H,7-8,10,17-20H2,1-6H3,(H,38,43)(H,40,44)/t24-,29+,31-/m1/s1. The summed E-state index contributed by atoms with van der Waals surface area (Å²) in [5.74, 6) is -1.22. The Morgan fingerprint density at radius 2 is 1.81 bits per heavy atom. The first-order valence-electron chi connectivity index (χ1n) is 16.4. The zero-order chi connectivity index (χ0) is 35.0. The molecule has 2 heterocycles. The highest BCUT2D eigenvalue weighted by atomic mass is 19.1. The van der Waals surface area contributed by atoms with Gasteiger partial charge < -0.3 is 24.6 Å². The molecule has 0 bridgehead atoms. The maximum Gasteiger partial charge on any atom is 0.314 e. The van der Waals surface area contributed by atoms with Gasteiger partial charge in [0.2, 0.25) is 5.91 Å². The van der Waals surface area contributed by atoms with Crippen molar-refractivity contribution in [3.63, 3.8) is 0 Å². The van der Waals surface area contributed by atoms with E-state index < -0.39 is 40.8 Å². The van der Waals surface area contributed by atoms with Crippen LogP contribution in [-0.4, -0.2) is 77.1 Å². The third-order valence-electron chi connectivity index (χ3n) is 9.12. The van der Waals surface area contributed by atoms with E-state index in [2.05, 4.69) is 15.5 Å². The number of amides is 2. The molecule has 0 unspecified atom stereocenters. The van der Waals surface area contributed by atoms with E-state index in [-0.39, 0.29) is 29.8 Å². The highest BCUT2D eigenvalue weighted by molar-refractivity contribution is 5.97. The summed E-state index contributed by atoms with van der Waals surface area (Å²) in [4.78, 5) is 57.2. The van der Waals surface area contributed by atoms with Gasteiger partial charge >= 0.3 is 11.5 Å². The molecule has 1 fully saturated rings. The molecule has 0 radical (unpaired) electrons. The number of aromatic nitrogens is 2. The number of benzene rings is 2. The molecule has 12 heteroatoms. The number of nitrogens with one attached hydrogen (secondary N) is 2. The van der Waals surface area contributed by atoms with Crippen LogP contribution in [0.2, 0.25) is 0 Å². The Hall–Kier alpha value is -4.58. The molecule has 4 rings (SSSR count). The fraction of sp³-hybridized carbons (Fsp3) is 0.472. The molecule has 258 valence electrons. The van der Waals surface area contributed by atoms with Gasteiger partial charge in [0.05, 0.1) is 23.8 Å². The summed E-state index contributed by atoms with van der Waals surface area (Å²) in [6.45, 7) is 8.20. The van der Waals surface area contributed by atoms with Crippen LogP contribution < -0.4 is 15.6 Å². The molecule has 0 spiro atoms. The first-order valence-corrected chi connectivity index (χ1v) is 16.4. The zero-order valence-corrected chi connectivity index (χ0v) is 28.5. The minimum atomic E-state index is -0.982. The van der Waals surface area contributed by atoms with Crippen molar-refractivity contribution in [2.75, 3.05) is 27.2 Å². The maximum atomic E-state index is 14.4. The van der Waals surface area contributed by atoms with E-state index >= 15 is 0 Å². The largest absolute Gasteiger partial charge is 0.465 e. The number of H-pyrrole nitrogens is 1. The quantitative estimate of drug-likeness (QED) is 0.179. The average molecular weight is 664 g/mol. The van der Waals surface area contributed by atoms with Crippen LogP contribution in [0.1, 0.15) is 80.5 Å². The van der Waals surface area contributed by atoms with E-state index in [1.54, 1.807) is 43.0 Å². The van der Waals surface area contributed by atoms with Gasteiger partial charge in [0.1, 0.15) is 17.6 Å². The van der Waals surface area contributed by atoms with Crippen molar-refractivity contribution in [2.45, 2.75) is 77.9 Å². The minimum absolute atomic E-state index is 0.0691. The fourth-order valence-corrected chi connectivity index (χ4v) is 6.46. The van der Waals surface area contributed by atoms with Crippen LogP contribution in [0.3, 0.4) is 0 Å². The van der Waals surface area contributed by atoms with E-state index in [1.807, 2.05) is 32.8 Å². The number of rotatable bonds is 14. The molecule has 2 aromatic carbocycles. The van der Waals surface area contributed by atoms with Crippen molar-refractivity contribution in [1.29, 1.82) is 0 Å². The van der Waals surface area contributed by atoms with Gasteiger partial charge in [0.15, 0.2) is 5.75 Å². The summed E-state index contributed by atoms with van der Waals surface area (Å²) in [6.07, 6.45) is 2.61. The summed E-state index contributed by atoms with van der Waals surface area (Å²) < 4.78 is 25.9. The Morgan fingerprint density at radius 1 is 1.10 bits per heavy atom. The van der Waals surface area contributed by atoms with Crippen LogP contribution >= 0.6 is 0 Å². The van der Waals surface area contributed by atoms with Crippen molar-refractivity contribution < 1.29 is 28.2 Å². The van der Waals surface area contributed by atoms with Gasteiger partial charge in [0.25, 0.3) is 5.91 Å². The predicted octanol–water partition coefficient (Wildman–Crippen LogP) is 5.16. The summed E-state index contributed by atoms with van der Waals surface area (Å²) in [5.41, 5.74) is 0.0121. The molecule has 0 saturated carbocycles. The molecule has 3 aromatic rings. The number of hydrogen-bond donors (Lipinski definition) is 2. The Labute approximate surface area is 280 Å². The minimum Gasteiger partial charge on any atom is -0.465 e. The van der Waals surface area contributed by atoms with Gasteiger partial charge in [-0.1, -0.05) is 26.0 Å². The Morgan fingerprint density at radius 3 is 2.46 bits per heavy atom. The second-order valence-electron chi connectivity index (χ2n) is 12.6. The molecule has 2 N–H and O–H groups in total. The molecular formula is C36H46FN5O6. The number of aromatic amines is 1. The van der Waals surface area contributed by atoms with Crippen molar-refractivity contribution in [3.05, 3.63) is 87.6 Å². The van der Waals surface area contributed by atoms with Gasteiger partial charge in [0, 0.05) is 24.2 Å². The van der Waals surface area contributed by atoms with Crippen molar-refractivity contribution in [1.82, 2.24) is 25.3 Å². The fourth-order valence-electron chi connectivity index (χ4n) is 6.46. The van der Waals surface area contributed by atoms with Crippen LogP contribution in [0.5, 0.6) is 11.5 Å². The molecule has 1 aromatic heterocycles. The monoisotopic (exact) mass is 663 g/mol. The maximum absolute atomic E-state index is 14.4. The summed E-state index contributed by atoms with van der Waals surface area (Å²) in [6, 6.07) is 11.8. The molecule has 1 aliphatic heterocycles. The average Bonchev–Trinajstić information content (AvgIpc) is 3.51. The van der Waals surface area contributed by atoms with Crippen molar-refractivity contribution in [3.8, 4) is 11.5 Å². The highest BCUT2D eigenvalue weighted by Crippen LogP contribution is 2.47. The molecule has 1 aliphatic rings. The van der Waals surface area contributed by atoms with Gasteiger partial charge in [-0.2, -0.15) is 5.10 Å². The smallest absolute Gasteiger partial charge is 0.314 e.